The molecule has 1 aliphatic rings. The molecule has 1 aliphatic heterocycles. The van der Waals surface area contributed by atoms with Gasteiger partial charge in [0, 0.05) is 11.1 Å². The van der Waals surface area contributed by atoms with Crippen molar-refractivity contribution in [2.45, 2.75) is 51.6 Å². The van der Waals surface area contributed by atoms with E-state index in [0.717, 1.165) is 12.8 Å². The Morgan fingerprint density at radius 1 is 1.17 bits per heavy atom. The molecule has 0 atom stereocenters. The van der Waals surface area contributed by atoms with Crippen LogP contribution in [0.15, 0.2) is 12.2 Å². The monoisotopic (exact) mass is 169 g/mol. The molecule has 0 aromatic carbocycles. The third-order valence-corrected chi connectivity index (χ3v) is 2.51. The Morgan fingerprint density at radius 3 is 1.83 bits per heavy atom. The van der Waals surface area contributed by atoms with Gasteiger partial charge in [-0.15, -0.1) is 0 Å². The van der Waals surface area contributed by atoms with Crippen molar-refractivity contribution in [3.8, 4) is 0 Å². The van der Waals surface area contributed by atoms with E-state index in [0.29, 0.717) is 0 Å². The van der Waals surface area contributed by atoms with E-state index in [9.17, 15) is 5.21 Å². The first-order chi connectivity index (χ1) is 5.26. The zero-order chi connectivity index (χ0) is 9.57. The Balaban J connectivity index is 2.91. The number of hydrogen-bond donors (Lipinski definition) is 1. The molecule has 0 aliphatic carbocycles. The molecule has 0 amide bonds. The molecule has 12 heavy (non-hydrogen) atoms. The van der Waals surface area contributed by atoms with Crippen molar-refractivity contribution in [3.63, 3.8) is 0 Å². The van der Waals surface area contributed by atoms with Gasteiger partial charge in [-0.25, -0.2) is 0 Å². The topological polar surface area (TPSA) is 23.5 Å². The molecule has 70 valence electrons. The molecule has 2 nitrogen and oxygen atoms in total. The first-order valence-corrected chi connectivity index (χ1v) is 4.41. The zero-order valence-electron chi connectivity index (χ0n) is 8.52. The average Bonchev–Trinajstić information content (AvgIpc) is 1.80. The summed E-state index contributed by atoms with van der Waals surface area (Å²) in [4.78, 5) is 0. The summed E-state index contributed by atoms with van der Waals surface area (Å²) in [6.07, 6.45) is 1.76. The minimum absolute atomic E-state index is 0.168. The van der Waals surface area contributed by atoms with Gasteiger partial charge in [0.15, 0.2) is 0 Å². The van der Waals surface area contributed by atoms with Crippen LogP contribution >= 0.6 is 0 Å². The van der Waals surface area contributed by atoms with Crippen LogP contribution < -0.4 is 0 Å². The molecular formula is C10H19NO. The Hall–Kier alpha value is -0.340. The number of nitrogens with zero attached hydrogens (tertiary/aromatic N) is 1. The van der Waals surface area contributed by atoms with Crippen LogP contribution in [-0.2, 0) is 0 Å². The summed E-state index contributed by atoms with van der Waals surface area (Å²) >= 11 is 0. The van der Waals surface area contributed by atoms with Gasteiger partial charge in [0.2, 0.25) is 0 Å². The number of hydroxylamine groups is 2. The molecule has 0 aromatic heterocycles. The molecule has 1 heterocycles. The van der Waals surface area contributed by atoms with E-state index in [1.54, 1.807) is 0 Å². The second-order valence-corrected chi connectivity index (χ2v) is 5.04. The van der Waals surface area contributed by atoms with Crippen LogP contribution in [0.1, 0.15) is 40.5 Å². The minimum atomic E-state index is -0.168. The van der Waals surface area contributed by atoms with Crippen LogP contribution in [0.4, 0.5) is 0 Å². The van der Waals surface area contributed by atoms with E-state index in [-0.39, 0.29) is 11.1 Å². The highest BCUT2D eigenvalue weighted by Gasteiger charge is 2.41. The first kappa shape index (κ1) is 9.75. The van der Waals surface area contributed by atoms with E-state index < -0.39 is 0 Å². The van der Waals surface area contributed by atoms with Crippen LogP contribution in [-0.4, -0.2) is 21.3 Å². The Labute approximate surface area is 74.8 Å². The van der Waals surface area contributed by atoms with Gasteiger partial charge in [0.25, 0.3) is 0 Å². The molecule has 1 saturated heterocycles. The second kappa shape index (κ2) is 2.57. The van der Waals surface area contributed by atoms with Gasteiger partial charge in [-0.2, -0.15) is 5.06 Å². The summed E-state index contributed by atoms with van der Waals surface area (Å²) < 4.78 is 0. The zero-order valence-corrected chi connectivity index (χ0v) is 8.52. The fourth-order valence-corrected chi connectivity index (χ4v) is 2.26. The lowest BCUT2D eigenvalue weighted by Gasteiger charge is -2.49. The number of piperidine rings is 1. The minimum Gasteiger partial charge on any atom is -0.313 e. The summed E-state index contributed by atoms with van der Waals surface area (Å²) in [6.45, 7) is 12.2. The maximum Gasteiger partial charge on any atom is 0.0447 e. The molecule has 0 aromatic rings. The summed E-state index contributed by atoms with van der Waals surface area (Å²) in [5, 5.41) is 11.3. The molecule has 2 heteroatoms. The van der Waals surface area contributed by atoms with Gasteiger partial charge in [0.1, 0.15) is 0 Å². The third-order valence-electron chi connectivity index (χ3n) is 2.51. The third kappa shape index (κ3) is 1.54. The lowest BCUT2D eigenvalue weighted by atomic mass is 9.79. The molecule has 0 bridgehead atoms. The van der Waals surface area contributed by atoms with Gasteiger partial charge >= 0.3 is 0 Å². The van der Waals surface area contributed by atoms with Gasteiger partial charge in [-0.1, -0.05) is 12.2 Å². The van der Waals surface area contributed by atoms with E-state index in [1.165, 1.54) is 10.6 Å². The van der Waals surface area contributed by atoms with Crippen molar-refractivity contribution in [1.82, 2.24) is 5.06 Å². The summed E-state index contributed by atoms with van der Waals surface area (Å²) in [6, 6.07) is 0. The fraction of sp³-hybridized carbons (Fsp3) is 0.800. The molecule has 0 unspecified atom stereocenters. The molecular weight excluding hydrogens is 150 g/mol. The first-order valence-electron chi connectivity index (χ1n) is 4.41. The summed E-state index contributed by atoms with van der Waals surface area (Å²) in [5.74, 6) is 0. The maximum absolute atomic E-state index is 9.87. The van der Waals surface area contributed by atoms with Gasteiger partial charge in [0.05, 0.1) is 0 Å². The van der Waals surface area contributed by atoms with Crippen molar-refractivity contribution in [2.75, 3.05) is 0 Å². The predicted octanol–water partition coefficient (Wildman–Crippen LogP) is 2.58. The molecule has 1 N–H and O–H groups in total. The van der Waals surface area contributed by atoms with Gasteiger partial charge in [-0.3, -0.25) is 0 Å². The van der Waals surface area contributed by atoms with Crippen molar-refractivity contribution < 1.29 is 5.21 Å². The van der Waals surface area contributed by atoms with Crippen LogP contribution in [0.25, 0.3) is 0 Å². The number of hydrogen-bond acceptors (Lipinski definition) is 2. The SMILES string of the molecule is C=C1CC(C)(C)N(O)C(C)(C)C1. The highest BCUT2D eigenvalue weighted by Crippen LogP contribution is 2.38. The molecule has 0 saturated carbocycles. The van der Waals surface area contributed by atoms with Crippen molar-refractivity contribution in [2.24, 2.45) is 0 Å². The highest BCUT2D eigenvalue weighted by atomic mass is 16.5. The van der Waals surface area contributed by atoms with Gasteiger partial charge in [-0.05, 0) is 40.5 Å². The second-order valence-electron chi connectivity index (χ2n) is 5.04. The quantitative estimate of drug-likeness (QED) is 0.563. The lowest BCUT2D eigenvalue weighted by Crippen LogP contribution is -2.57. The van der Waals surface area contributed by atoms with Crippen LogP contribution in [0.2, 0.25) is 0 Å². The average molecular weight is 169 g/mol. The Bertz CT molecular complexity index is 186. The van der Waals surface area contributed by atoms with E-state index in [1.807, 2.05) is 27.7 Å². The Kier molecular flexibility index (Phi) is 2.09. The molecule has 0 spiro atoms. The largest absolute Gasteiger partial charge is 0.313 e. The molecule has 0 radical (unpaired) electrons. The summed E-state index contributed by atoms with van der Waals surface area (Å²) in [5.41, 5.74) is 0.896. The van der Waals surface area contributed by atoms with Crippen LogP contribution in [0.3, 0.4) is 0 Å². The van der Waals surface area contributed by atoms with Crippen molar-refractivity contribution >= 4 is 0 Å². The van der Waals surface area contributed by atoms with E-state index in [4.69, 9.17) is 0 Å². The van der Waals surface area contributed by atoms with Gasteiger partial charge < -0.3 is 5.21 Å². The van der Waals surface area contributed by atoms with Crippen molar-refractivity contribution in [3.05, 3.63) is 12.2 Å². The van der Waals surface area contributed by atoms with Crippen molar-refractivity contribution in [1.29, 1.82) is 0 Å². The molecule has 1 fully saturated rings. The normalized spacial score (nSPS) is 28.9. The number of rotatable bonds is 0. The van der Waals surface area contributed by atoms with E-state index in [2.05, 4.69) is 6.58 Å². The predicted molar refractivity (Wildman–Crippen MR) is 50.2 cm³/mol. The molecule has 1 rings (SSSR count). The van der Waals surface area contributed by atoms with Crippen LogP contribution in [0, 0.1) is 0 Å². The summed E-state index contributed by atoms with van der Waals surface area (Å²) in [7, 11) is 0. The fourth-order valence-electron chi connectivity index (χ4n) is 2.26. The Morgan fingerprint density at radius 2 is 1.50 bits per heavy atom. The van der Waals surface area contributed by atoms with E-state index >= 15 is 0 Å². The smallest absolute Gasteiger partial charge is 0.0447 e. The lowest BCUT2D eigenvalue weighted by molar-refractivity contribution is -0.232. The standard InChI is InChI=1S/C10H19NO/c1-8-6-9(2,3)11(12)10(4,5)7-8/h12H,1,6-7H2,2-5H3. The highest BCUT2D eigenvalue weighted by molar-refractivity contribution is 5.12. The maximum atomic E-state index is 9.87. The van der Waals surface area contributed by atoms with Crippen LogP contribution in [0.5, 0.6) is 0 Å².